The van der Waals surface area contributed by atoms with Crippen LogP contribution in [0.4, 0.5) is 0 Å². The van der Waals surface area contributed by atoms with Crippen LogP contribution in [-0.4, -0.2) is 35.4 Å². The van der Waals surface area contributed by atoms with Crippen LogP contribution < -0.4 is 0 Å². The van der Waals surface area contributed by atoms with Gasteiger partial charge in [-0.05, 0) is 44.2 Å². The van der Waals surface area contributed by atoms with Crippen molar-refractivity contribution in [2.45, 2.75) is 57.8 Å². The number of carbonyl (C=O) groups is 2. The minimum atomic E-state index is -1.44. The van der Waals surface area contributed by atoms with Gasteiger partial charge in [0.25, 0.3) is 0 Å². The van der Waals surface area contributed by atoms with Crippen LogP contribution in [0.1, 0.15) is 44.6 Å². The molecular weight excluding hydrogens is 304 g/mol. The van der Waals surface area contributed by atoms with Crippen molar-refractivity contribution < 1.29 is 24.2 Å². The van der Waals surface area contributed by atoms with Crippen LogP contribution in [0, 0.1) is 0 Å². The fraction of sp³-hybridized carbons (Fsp3) is 0.625. The topological polar surface area (TPSA) is 72.8 Å². The molecule has 0 bridgehead atoms. The van der Waals surface area contributed by atoms with E-state index in [-0.39, 0.29) is 18.3 Å². The molecule has 0 aliphatic carbocycles. The molecule has 1 aliphatic heterocycles. The number of carbonyl (C=O) groups excluding carboxylic acids is 1. The molecule has 2 atom stereocenters. The molecule has 122 valence electrons. The minimum absolute atomic E-state index is 0.0457. The molecule has 0 spiro atoms. The largest absolute Gasteiger partial charge is 0.480 e. The first-order chi connectivity index (χ1) is 10.2. The molecule has 2 unspecified atom stereocenters. The molecule has 6 heteroatoms. The molecule has 1 fully saturated rings. The van der Waals surface area contributed by atoms with Crippen LogP contribution in [0.25, 0.3) is 0 Å². The minimum Gasteiger partial charge on any atom is -0.480 e. The third-order valence-electron chi connectivity index (χ3n) is 4.10. The molecule has 1 N–H and O–H groups in total. The van der Waals surface area contributed by atoms with Crippen LogP contribution in [0.3, 0.4) is 0 Å². The Morgan fingerprint density at radius 1 is 1.50 bits per heavy atom. The van der Waals surface area contributed by atoms with Crippen molar-refractivity contribution in [3.8, 4) is 0 Å². The Bertz CT molecular complexity index is 561. The van der Waals surface area contributed by atoms with Crippen LogP contribution in [0.5, 0.6) is 0 Å². The van der Waals surface area contributed by atoms with E-state index in [2.05, 4.69) is 0 Å². The average molecular weight is 326 g/mol. The number of rotatable bonds is 6. The molecule has 2 rings (SSSR count). The highest BCUT2D eigenvalue weighted by Crippen LogP contribution is 2.35. The lowest BCUT2D eigenvalue weighted by molar-refractivity contribution is -0.148. The van der Waals surface area contributed by atoms with Gasteiger partial charge in [-0.3, -0.25) is 9.59 Å². The molecule has 1 saturated heterocycles. The Balaban J connectivity index is 2.20. The van der Waals surface area contributed by atoms with Gasteiger partial charge < -0.3 is 14.6 Å². The summed E-state index contributed by atoms with van der Waals surface area (Å²) >= 11 is 1.32. The third kappa shape index (κ3) is 3.09. The lowest BCUT2D eigenvalue weighted by Gasteiger charge is -2.23. The normalized spacial score (nSPS) is 23.2. The zero-order valence-electron chi connectivity index (χ0n) is 13.3. The molecular formula is C16H22O5S. The number of Topliss-reactive ketones (excluding diaryl/α,β-unsaturated/α-hetero) is 1. The number of ether oxygens (including phenoxy) is 2. The predicted octanol–water partition coefficient (Wildman–Crippen LogP) is 2.76. The second-order valence-corrected chi connectivity index (χ2v) is 7.01. The Morgan fingerprint density at radius 3 is 2.64 bits per heavy atom. The molecule has 5 nitrogen and oxygen atoms in total. The summed E-state index contributed by atoms with van der Waals surface area (Å²) in [6.07, 6.45) is 0.848. The molecule has 0 amide bonds. The first-order valence-corrected chi connectivity index (χ1v) is 8.23. The second-order valence-electron chi connectivity index (χ2n) is 6.09. The van der Waals surface area contributed by atoms with Crippen molar-refractivity contribution in [1.29, 1.82) is 0 Å². The fourth-order valence-corrected chi connectivity index (χ4v) is 4.08. The van der Waals surface area contributed by atoms with Gasteiger partial charge in [-0.1, -0.05) is 6.92 Å². The van der Waals surface area contributed by atoms with Crippen LogP contribution in [-0.2, 0) is 30.9 Å². The van der Waals surface area contributed by atoms with E-state index >= 15 is 0 Å². The lowest BCUT2D eigenvalue weighted by Crippen LogP contribution is -2.41. The Labute approximate surface area is 134 Å². The van der Waals surface area contributed by atoms with Crippen LogP contribution in [0.15, 0.2) is 11.4 Å². The number of hydrogen-bond acceptors (Lipinski definition) is 5. The van der Waals surface area contributed by atoms with Gasteiger partial charge in [0.15, 0.2) is 17.0 Å². The Kier molecular flexibility index (Phi) is 4.75. The maximum atomic E-state index is 12.0. The molecule has 0 radical (unpaired) electrons. The lowest BCUT2D eigenvalue weighted by atomic mass is 9.79. The van der Waals surface area contributed by atoms with E-state index in [9.17, 15) is 14.7 Å². The van der Waals surface area contributed by atoms with Crippen molar-refractivity contribution in [2.75, 3.05) is 6.61 Å². The van der Waals surface area contributed by atoms with Crippen molar-refractivity contribution in [3.05, 3.63) is 21.9 Å². The van der Waals surface area contributed by atoms with Crippen molar-refractivity contribution >= 4 is 23.1 Å². The zero-order chi connectivity index (χ0) is 16.5. The van der Waals surface area contributed by atoms with Crippen LogP contribution in [0.2, 0.25) is 0 Å². The molecule has 0 aromatic carbocycles. The summed E-state index contributed by atoms with van der Waals surface area (Å²) in [5.74, 6) is -1.99. The molecule has 0 saturated carbocycles. The van der Waals surface area contributed by atoms with E-state index in [4.69, 9.17) is 9.47 Å². The molecule has 1 aromatic heterocycles. The first-order valence-electron chi connectivity index (χ1n) is 7.35. The first kappa shape index (κ1) is 17.1. The standard InChI is InChI=1S/C16H22O5S/c1-5-16(10(2)17,14(18)19)13-7-11(9-22-13)6-12-8-20-15(3,4)21-12/h7,9,12H,5-6,8H2,1-4H3,(H,18,19). The summed E-state index contributed by atoms with van der Waals surface area (Å²) in [5.41, 5.74) is -0.457. The Morgan fingerprint density at radius 2 is 2.18 bits per heavy atom. The van der Waals surface area contributed by atoms with E-state index in [1.807, 2.05) is 25.3 Å². The summed E-state index contributed by atoms with van der Waals surface area (Å²) in [6, 6.07) is 1.82. The van der Waals surface area contributed by atoms with Gasteiger partial charge in [-0.25, -0.2) is 0 Å². The average Bonchev–Trinajstić information content (AvgIpc) is 2.98. The smallest absolute Gasteiger partial charge is 0.322 e. The van der Waals surface area contributed by atoms with E-state index < -0.39 is 17.2 Å². The molecule has 1 aliphatic rings. The summed E-state index contributed by atoms with van der Waals surface area (Å²) in [4.78, 5) is 24.2. The highest BCUT2D eigenvalue weighted by atomic mass is 32.1. The van der Waals surface area contributed by atoms with E-state index in [0.717, 1.165) is 5.56 Å². The maximum Gasteiger partial charge on any atom is 0.322 e. The quantitative estimate of drug-likeness (QED) is 0.814. The monoisotopic (exact) mass is 326 g/mol. The number of aliphatic carboxylic acids is 1. The van der Waals surface area contributed by atoms with Gasteiger partial charge in [-0.15, -0.1) is 11.3 Å². The van der Waals surface area contributed by atoms with E-state index in [0.29, 0.717) is 17.9 Å². The Hall–Kier alpha value is -1.24. The third-order valence-corrected chi connectivity index (χ3v) is 5.24. The molecule has 22 heavy (non-hydrogen) atoms. The summed E-state index contributed by atoms with van der Waals surface area (Å²) in [7, 11) is 0. The number of carboxylic acids is 1. The maximum absolute atomic E-state index is 12.0. The van der Waals surface area contributed by atoms with Gasteiger partial charge in [0, 0.05) is 11.3 Å². The summed E-state index contributed by atoms with van der Waals surface area (Å²) in [5, 5.41) is 11.5. The van der Waals surface area contributed by atoms with Gasteiger partial charge >= 0.3 is 5.97 Å². The molecule has 2 heterocycles. The highest BCUT2D eigenvalue weighted by molar-refractivity contribution is 7.10. The summed E-state index contributed by atoms with van der Waals surface area (Å²) in [6.45, 7) is 7.32. The van der Waals surface area contributed by atoms with E-state index in [1.54, 1.807) is 6.92 Å². The SMILES string of the molecule is CCC(C(C)=O)(C(=O)O)c1cc(CC2COC(C)(C)O2)cs1. The van der Waals surface area contributed by atoms with E-state index in [1.165, 1.54) is 18.3 Å². The predicted molar refractivity (Wildman–Crippen MR) is 83.2 cm³/mol. The van der Waals surface area contributed by atoms with Gasteiger partial charge in [0.1, 0.15) is 0 Å². The van der Waals surface area contributed by atoms with Crippen molar-refractivity contribution in [3.63, 3.8) is 0 Å². The number of thiophene rings is 1. The highest BCUT2D eigenvalue weighted by Gasteiger charge is 2.45. The van der Waals surface area contributed by atoms with Gasteiger partial charge in [-0.2, -0.15) is 0 Å². The van der Waals surface area contributed by atoms with Gasteiger partial charge in [0.05, 0.1) is 12.7 Å². The second kappa shape index (κ2) is 6.10. The fourth-order valence-electron chi connectivity index (χ4n) is 2.84. The molecule has 1 aromatic rings. The van der Waals surface area contributed by atoms with Crippen molar-refractivity contribution in [2.24, 2.45) is 0 Å². The van der Waals surface area contributed by atoms with Crippen LogP contribution >= 0.6 is 11.3 Å². The van der Waals surface area contributed by atoms with Gasteiger partial charge in [0.2, 0.25) is 0 Å². The number of ketones is 1. The number of carboxylic acid groups (broad SMARTS) is 1. The summed E-state index contributed by atoms with van der Waals surface area (Å²) < 4.78 is 11.3. The van der Waals surface area contributed by atoms with Crippen molar-refractivity contribution in [1.82, 2.24) is 0 Å². The number of hydrogen-bond donors (Lipinski definition) is 1. The zero-order valence-corrected chi connectivity index (χ0v) is 14.2.